The number of benzene rings is 3. The summed E-state index contributed by atoms with van der Waals surface area (Å²) in [5, 5.41) is 3.50. The van der Waals surface area contributed by atoms with Crippen molar-refractivity contribution >= 4 is 56.5 Å². The van der Waals surface area contributed by atoms with Crippen LogP contribution < -0.4 is 9.62 Å². The Bertz CT molecular complexity index is 1500. The second-order valence-corrected chi connectivity index (χ2v) is 12.4. The Morgan fingerprint density at radius 3 is 2.22 bits per heavy atom. The molecule has 0 spiro atoms. The summed E-state index contributed by atoms with van der Waals surface area (Å²) in [5.74, 6) is -1.22. The van der Waals surface area contributed by atoms with Crippen molar-refractivity contribution in [2.45, 2.75) is 39.3 Å². The van der Waals surface area contributed by atoms with Crippen LogP contribution in [-0.2, 0) is 32.6 Å². The number of carbonyl (C=O) groups excluding carboxylic acids is 3. The van der Waals surface area contributed by atoms with Crippen molar-refractivity contribution in [3.05, 3.63) is 99.5 Å². The summed E-state index contributed by atoms with van der Waals surface area (Å²) in [6, 6.07) is 19.3. The molecule has 0 radical (unpaired) electrons. The van der Waals surface area contributed by atoms with E-state index in [9.17, 15) is 22.8 Å². The molecule has 8 nitrogen and oxygen atoms in total. The molecule has 218 valence electrons. The lowest BCUT2D eigenvalue weighted by atomic mass is 10.0. The second kappa shape index (κ2) is 14.5. The summed E-state index contributed by atoms with van der Waals surface area (Å²) in [4.78, 5) is 40.9. The average Bonchev–Trinajstić information content (AvgIpc) is 2.94. The van der Waals surface area contributed by atoms with E-state index >= 15 is 0 Å². The highest BCUT2D eigenvalue weighted by Gasteiger charge is 2.33. The molecule has 3 rings (SSSR count). The number of carbonyl (C=O) groups is 3. The number of Topliss-reactive ketones (excluding diaryl/α,β-unsaturated/α-hetero) is 1. The lowest BCUT2D eigenvalue weighted by molar-refractivity contribution is -0.140. The van der Waals surface area contributed by atoms with Gasteiger partial charge in [0.05, 0.1) is 22.0 Å². The molecule has 3 aromatic carbocycles. The predicted octanol–water partition coefficient (Wildman–Crippen LogP) is 5.13. The minimum atomic E-state index is -3.96. The normalized spacial score (nSPS) is 11.9. The van der Waals surface area contributed by atoms with E-state index in [1.807, 2.05) is 37.3 Å². The van der Waals surface area contributed by atoms with Gasteiger partial charge in [-0.2, -0.15) is 0 Å². The zero-order valence-electron chi connectivity index (χ0n) is 23.1. The fraction of sp³-hybridized carbons (Fsp3) is 0.300. The van der Waals surface area contributed by atoms with Crippen LogP contribution in [0.2, 0.25) is 10.0 Å². The van der Waals surface area contributed by atoms with Gasteiger partial charge in [-0.1, -0.05) is 78.7 Å². The van der Waals surface area contributed by atoms with E-state index in [1.54, 1.807) is 30.3 Å². The maximum atomic E-state index is 14.1. The Morgan fingerprint density at radius 1 is 0.902 bits per heavy atom. The standard InChI is InChI=1S/C30H33Cl2N3O5S/c1-4-15-33-30(38)28(17-22-9-6-5-7-10-22)34(19-23-13-14-26(31)27(32)16-23)29(37)20-35(41(3,39)40)25-12-8-11-24(18-25)21(2)36/h5-14,16,18,28H,4,15,17,19-20H2,1-3H3,(H,33,38)/t28-/m1/s1. The van der Waals surface area contributed by atoms with Gasteiger partial charge < -0.3 is 10.2 Å². The van der Waals surface area contributed by atoms with Gasteiger partial charge in [0, 0.05) is 25.1 Å². The first-order valence-electron chi connectivity index (χ1n) is 13.0. The highest BCUT2D eigenvalue weighted by Crippen LogP contribution is 2.25. The second-order valence-electron chi connectivity index (χ2n) is 9.64. The molecular formula is C30H33Cl2N3O5S. The number of anilines is 1. The maximum absolute atomic E-state index is 14.1. The number of rotatable bonds is 13. The highest BCUT2D eigenvalue weighted by atomic mass is 35.5. The largest absolute Gasteiger partial charge is 0.354 e. The molecule has 0 aliphatic heterocycles. The number of amides is 2. The third-order valence-electron chi connectivity index (χ3n) is 6.38. The van der Waals surface area contributed by atoms with Gasteiger partial charge in [0.1, 0.15) is 12.6 Å². The number of hydrogen-bond donors (Lipinski definition) is 1. The molecule has 3 aromatic rings. The minimum Gasteiger partial charge on any atom is -0.354 e. The van der Waals surface area contributed by atoms with Crippen LogP contribution in [0.5, 0.6) is 0 Å². The summed E-state index contributed by atoms with van der Waals surface area (Å²) < 4.78 is 26.8. The Kier molecular flexibility index (Phi) is 11.3. The van der Waals surface area contributed by atoms with E-state index < -0.39 is 28.5 Å². The number of sulfonamides is 1. The molecule has 1 atom stereocenters. The fourth-order valence-electron chi connectivity index (χ4n) is 4.25. The number of hydrogen-bond acceptors (Lipinski definition) is 5. The molecule has 0 saturated carbocycles. The molecule has 0 aliphatic carbocycles. The van der Waals surface area contributed by atoms with Crippen LogP contribution >= 0.6 is 23.2 Å². The van der Waals surface area contributed by atoms with Crippen molar-refractivity contribution in [1.82, 2.24) is 10.2 Å². The summed E-state index contributed by atoms with van der Waals surface area (Å²) in [6.45, 7) is 3.08. The maximum Gasteiger partial charge on any atom is 0.244 e. The van der Waals surface area contributed by atoms with Crippen LogP contribution in [0.3, 0.4) is 0 Å². The lowest BCUT2D eigenvalue weighted by Crippen LogP contribution is -2.53. The van der Waals surface area contributed by atoms with E-state index in [4.69, 9.17) is 23.2 Å². The van der Waals surface area contributed by atoms with Gasteiger partial charge >= 0.3 is 0 Å². The van der Waals surface area contributed by atoms with Crippen molar-refractivity contribution < 1.29 is 22.8 Å². The molecule has 0 unspecified atom stereocenters. The molecule has 0 bridgehead atoms. The van der Waals surface area contributed by atoms with Crippen LogP contribution in [0.15, 0.2) is 72.8 Å². The fourth-order valence-corrected chi connectivity index (χ4v) is 5.41. The number of ketones is 1. The lowest BCUT2D eigenvalue weighted by Gasteiger charge is -2.33. The van der Waals surface area contributed by atoms with Gasteiger partial charge in [0.15, 0.2) is 5.78 Å². The third-order valence-corrected chi connectivity index (χ3v) is 8.26. The van der Waals surface area contributed by atoms with Crippen LogP contribution in [0.1, 0.15) is 41.8 Å². The van der Waals surface area contributed by atoms with Crippen LogP contribution in [0.25, 0.3) is 0 Å². The van der Waals surface area contributed by atoms with Crippen molar-refractivity contribution in [2.24, 2.45) is 0 Å². The number of nitrogens with one attached hydrogen (secondary N) is 1. The molecular weight excluding hydrogens is 585 g/mol. The van der Waals surface area contributed by atoms with Crippen molar-refractivity contribution in [3.8, 4) is 0 Å². The molecule has 1 N–H and O–H groups in total. The Labute approximate surface area is 251 Å². The topological polar surface area (TPSA) is 104 Å². The quantitative estimate of drug-likeness (QED) is 0.268. The first-order valence-corrected chi connectivity index (χ1v) is 15.6. The first-order chi connectivity index (χ1) is 19.4. The molecule has 0 heterocycles. The summed E-state index contributed by atoms with van der Waals surface area (Å²) in [5.41, 5.74) is 1.90. The van der Waals surface area contributed by atoms with Crippen LogP contribution in [0, 0.1) is 0 Å². The Balaban J connectivity index is 2.08. The van der Waals surface area contributed by atoms with Gasteiger partial charge in [0.2, 0.25) is 21.8 Å². The molecule has 0 aromatic heterocycles. The predicted molar refractivity (Wildman–Crippen MR) is 163 cm³/mol. The SMILES string of the molecule is CCCNC(=O)[C@@H](Cc1ccccc1)N(Cc1ccc(Cl)c(Cl)c1)C(=O)CN(c1cccc(C(C)=O)c1)S(C)(=O)=O. The van der Waals surface area contributed by atoms with Crippen molar-refractivity contribution in [2.75, 3.05) is 23.7 Å². The van der Waals surface area contributed by atoms with E-state index in [1.165, 1.54) is 24.0 Å². The Hall–Kier alpha value is -3.40. The molecule has 0 fully saturated rings. The zero-order chi connectivity index (χ0) is 30.2. The smallest absolute Gasteiger partial charge is 0.244 e. The number of nitrogens with zero attached hydrogens (tertiary/aromatic N) is 2. The minimum absolute atomic E-state index is 0.0299. The highest BCUT2D eigenvalue weighted by molar-refractivity contribution is 7.92. The number of halogens is 2. The van der Waals surface area contributed by atoms with E-state index in [-0.39, 0.29) is 35.4 Å². The molecule has 2 amide bonds. The van der Waals surface area contributed by atoms with Crippen LogP contribution in [0.4, 0.5) is 5.69 Å². The Morgan fingerprint density at radius 2 is 1.61 bits per heavy atom. The summed E-state index contributed by atoms with van der Waals surface area (Å²) in [7, 11) is -3.96. The third kappa shape index (κ3) is 9.05. The van der Waals surface area contributed by atoms with Gasteiger partial charge in [-0.05, 0) is 48.7 Å². The van der Waals surface area contributed by atoms with Gasteiger partial charge in [-0.25, -0.2) is 8.42 Å². The van der Waals surface area contributed by atoms with Crippen molar-refractivity contribution in [1.29, 1.82) is 0 Å². The van der Waals surface area contributed by atoms with Gasteiger partial charge in [-0.3, -0.25) is 18.7 Å². The monoisotopic (exact) mass is 617 g/mol. The summed E-state index contributed by atoms with van der Waals surface area (Å²) in [6.07, 6.45) is 1.88. The molecule has 0 saturated heterocycles. The van der Waals surface area contributed by atoms with E-state index in [0.717, 1.165) is 16.1 Å². The summed E-state index contributed by atoms with van der Waals surface area (Å²) >= 11 is 12.4. The van der Waals surface area contributed by atoms with Gasteiger partial charge in [0.25, 0.3) is 0 Å². The van der Waals surface area contributed by atoms with Crippen LogP contribution in [-0.4, -0.2) is 56.3 Å². The first kappa shape index (κ1) is 32.1. The average molecular weight is 619 g/mol. The van der Waals surface area contributed by atoms with E-state index in [0.29, 0.717) is 29.1 Å². The molecule has 41 heavy (non-hydrogen) atoms. The van der Waals surface area contributed by atoms with E-state index in [2.05, 4.69) is 5.32 Å². The molecule has 11 heteroatoms. The zero-order valence-corrected chi connectivity index (χ0v) is 25.5. The molecule has 0 aliphatic rings. The van der Waals surface area contributed by atoms with Gasteiger partial charge in [-0.15, -0.1) is 0 Å². The van der Waals surface area contributed by atoms with Crippen molar-refractivity contribution in [3.63, 3.8) is 0 Å².